The van der Waals surface area contributed by atoms with E-state index in [2.05, 4.69) is 4.57 Å². The largest absolute Gasteiger partial charge is 0.345 e. The molecule has 0 saturated carbocycles. The van der Waals surface area contributed by atoms with Gasteiger partial charge in [0.25, 0.3) is 5.69 Å². The van der Waals surface area contributed by atoms with E-state index in [0.717, 1.165) is 17.0 Å². The van der Waals surface area contributed by atoms with Gasteiger partial charge < -0.3 is 4.57 Å². The Bertz CT molecular complexity index is 539. The summed E-state index contributed by atoms with van der Waals surface area (Å²) >= 11 is 0. The summed E-state index contributed by atoms with van der Waals surface area (Å²) in [4.78, 5) is 10.3. The minimum absolute atomic E-state index is 0.143. The van der Waals surface area contributed by atoms with Crippen LogP contribution in [-0.2, 0) is 6.54 Å². The Morgan fingerprint density at radius 1 is 1.18 bits per heavy atom. The molecule has 0 amide bonds. The van der Waals surface area contributed by atoms with E-state index in [9.17, 15) is 10.1 Å². The van der Waals surface area contributed by atoms with Gasteiger partial charge in [-0.1, -0.05) is 12.1 Å². The fourth-order valence-electron chi connectivity index (χ4n) is 1.90. The van der Waals surface area contributed by atoms with Gasteiger partial charge in [0.1, 0.15) is 0 Å². The summed E-state index contributed by atoms with van der Waals surface area (Å²) in [5.74, 6) is 0. The number of aryl methyl sites for hydroxylation is 2. The van der Waals surface area contributed by atoms with Gasteiger partial charge >= 0.3 is 0 Å². The monoisotopic (exact) mass is 230 g/mol. The zero-order valence-electron chi connectivity index (χ0n) is 9.88. The SMILES string of the molecule is Cc1ccc(C)n1Cc1cccc([N+](=O)[O-])c1. The molecule has 0 bridgehead atoms. The molecule has 2 rings (SSSR count). The third-order valence-electron chi connectivity index (χ3n) is 2.88. The highest BCUT2D eigenvalue weighted by Gasteiger charge is 2.07. The topological polar surface area (TPSA) is 48.1 Å². The summed E-state index contributed by atoms with van der Waals surface area (Å²) in [6.45, 7) is 4.74. The zero-order valence-corrected chi connectivity index (χ0v) is 9.88. The molecule has 0 atom stereocenters. The summed E-state index contributed by atoms with van der Waals surface area (Å²) in [6, 6.07) is 10.9. The highest BCUT2D eigenvalue weighted by molar-refractivity contribution is 5.34. The molecule has 0 unspecified atom stereocenters. The molecule has 4 nitrogen and oxygen atoms in total. The van der Waals surface area contributed by atoms with Crippen LogP contribution in [0.3, 0.4) is 0 Å². The molecule has 17 heavy (non-hydrogen) atoms. The second-order valence-corrected chi connectivity index (χ2v) is 4.13. The molecule has 0 aliphatic rings. The lowest BCUT2D eigenvalue weighted by atomic mass is 10.2. The number of benzene rings is 1. The van der Waals surface area contributed by atoms with Crippen LogP contribution in [-0.4, -0.2) is 9.49 Å². The van der Waals surface area contributed by atoms with Gasteiger partial charge in [0.2, 0.25) is 0 Å². The number of hydrogen-bond acceptors (Lipinski definition) is 2. The predicted octanol–water partition coefficient (Wildman–Crippen LogP) is 3.06. The number of nitrogens with zero attached hydrogens (tertiary/aromatic N) is 2. The molecule has 1 heterocycles. The maximum Gasteiger partial charge on any atom is 0.269 e. The minimum Gasteiger partial charge on any atom is -0.345 e. The molecule has 0 radical (unpaired) electrons. The summed E-state index contributed by atoms with van der Waals surface area (Å²) in [5, 5.41) is 10.7. The van der Waals surface area contributed by atoms with Crippen LogP contribution in [0, 0.1) is 24.0 Å². The molecule has 2 aromatic rings. The predicted molar refractivity (Wildman–Crippen MR) is 66.1 cm³/mol. The van der Waals surface area contributed by atoms with Crippen LogP contribution < -0.4 is 0 Å². The second kappa shape index (κ2) is 4.41. The van der Waals surface area contributed by atoms with Gasteiger partial charge in [-0.25, -0.2) is 0 Å². The maximum absolute atomic E-state index is 10.7. The van der Waals surface area contributed by atoms with Gasteiger partial charge in [0.05, 0.1) is 4.92 Å². The van der Waals surface area contributed by atoms with Crippen molar-refractivity contribution in [3.05, 3.63) is 63.5 Å². The minimum atomic E-state index is -0.362. The molecular formula is C13H14N2O2. The Labute approximate surface area is 99.7 Å². The second-order valence-electron chi connectivity index (χ2n) is 4.13. The van der Waals surface area contributed by atoms with E-state index in [1.165, 1.54) is 6.07 Å². The molecule has 0 aliphatic carbocycles. The first-order chi connectivity index (χ1) is 8.08. The first-order valence-corrected chi connectivity index (χ1v) is 5.44. The third kappa shape index (κ3) is 2.36. The maximum atomic E-state index is 10.7. The quantitative estimate of drug-likeness (QED) is 0.601. The molecule has 0 fully saturated rings. The molecule has 88 valence electrons. The van der Waals surface area contributed by atoms with Crippen LogP contribution in [0.1, 0.15) is 17.0 Å². The summed E-state index contributed by atoms with van der Waals surface area (Å²) in [7, 11) is 0. The summed E-state index contributed by atoms with van der Waals surface area (Å²) in [5.41, 5.74) is 3.41. The first kappa shape index (κ1) is 11.4. The van der Waals surface area contributed by atoms with Crippen LogP contribution in [0.15, 0.2) is 36.4 Å². The lowest BCUT2D eigenvalue weighted by molar-refractivity contribution is -0.384. The Morgan fingerprint density at radius 3 is 2.41 bits per heavy atom. The Balaban J connectivity index is 2.30. The Hall–Kier alpha value is -2.10. The fraction of sp³-hybridized carbons (Fsp3) is 0.231. The Kier molecular flexibility index (Phi) is 2.95. The van der Waals surface area contributed by atoms with E-state index in [-0.39, 0.29) is 10.6 Å². The highest BCUT2D eigenvalue weighted by atomic mass is 16.6. The van der Waals surface area contributed by atoms with Crippen LogP contribution in [0.2, 0.25) is 0 Å². The van der Waals surface area contributed by atoms with E-state index in [4.69, 9.17) is 0 Å². The van der Waals surface area contributed by atoms with Crippen molar-refractivity contribution >= 4 is 5.69 Å². The van der Waals surface area contributed by atoms with E-state index >= 15 is 0 Å². The van der Waals surface area contributed by atoms with Crippen LogP contribution >= 0.6 is 0 Å². The lowest BCUT2D eigenvalue weighted by Crippen LogP contribution is -2.03. The first-order valence-electron chi connectivity index (χ1n) is 5.44. The number of nitro benzene ring substituents is 1. The van der Waals surface area contributed by atoms with Crippen molar-refractivity contribution in [1.29, 1.82) is 0 Å². The van der Waals surface area contributed by atoms with Gasteiger partial charge in [0, 0.05) is 30.1 Å². The van der Waals surface area contributed by atoms with Crippen LogP contribution in [0.4, 0.5) is 5.69 Å². The van der Waals surface area contributed by atoms with Crippen molar-refractivity contribution in [3.8, 4) is 0 Å². The van der Waals surface area contributed by atoms with Crippen molar-refractivity contribution in [3.63, 3.8) is 0 Å². The third-order valence-corrected chi connectivity index (χ3v) is 2.88. The Morgan fingerprint density at radius 2 is 1.82 bits per heavy atom. The van der Waals surface area contributed by atoms with Gasteiger partial charge in [-0.05, 0) is 31.5 Å². The number of hydrogen-bond donors (Lipinski definition) is 0. The molecule has 0 N–H and O–H groups in total. The number of aromatic nitrogens is 1. The standard InChI is InChI=1S/C13H14N2O2/c1-10-6-7-11(2)14(10)9-12-4-3-5-13(8-12)15(16)17/h3-8H,9H2,1-2H3. The number of rotatable bonds is 3. The van der Waals surface area contributed by atoms with Gasteiger partial charge in [-0.3, -0.25) is 10.1 Å². The molecule has 4 heteroatoms. The van der Waals surface area contributed by atoms with Gasteiger partial charge in [0.15, 0.2) is 0 Å². The molecule has 0 aliphatic heterocycles. The van der Waals surface area contributed by atoms with E-state index in [0.29, 0.717) is 6.54 Å². The molecule has 1 aromatic carbocycles. The lowest BCUT2D eigenvalue weighted by Gasteiger charge is -2.09. The fourth-order valence-corrected chi connectivity index (χ4v) is 1.90. The molecule has 1 aromatic heterocycles. The van der Waals surface area contributed by atoms with Crippen LogP contribution in [0.5, 0.6) is 0 Å². The van der Waals surface area contributed by atoms with Crippen molar-refractivity contribution in [2.45, 2.75) is 20.4 Å². The average molecular weight is 230 g/mol. The highest BCUT2D eigenvalue weighted by Crippen LogP contribution is 2.16. The molecule has 0 spiro atoms. The summed E-state index contributed by atoms with van der Waals surface area (Å²) in [6.07, 6.45) is 0. The number of nitro groups is 1. The van der Waals surface area contributed by atoms with E-state index in [1.807, 2.05) is 32.0 Å². The average Bonchev–Trinajstić information content (AvgIpc) is 2.61. The van der Waals surface area contributed by atoms with E-state index in [1.54, 1.807) is 12.1 Å². The van der Waals surface area contributed by atoms with Crippen molar-refractivity contribution < 1.29 is 4.92 Å². The molecular weight excluding hydrogens is 216 g/mol. The van der Waals surface area contributed by atoms with Crippen molar-refractivity contribution in [2.24, 2.45) is 0 Å². The normalized spacial score (nSPS) is 10.5. The molecule has 0 saturated heterocycles. The zero-order chi connectivity index (χ0) is 12.4. The smallest absolute Gasteiger partial charge is 0.269 e. The van der Waals surface area contributed by atoms with E-state index < -0.39 is 0 Å². The van der Waals surface area contributed by atoms with Gasteiger partial charge in [-0.15, -0.1) is 0 Å². The van der Waals surface area contributed by atoms with Crippen molar-refractivity contribution in [2.75, 3.05) is 0 Å². The van der Waals surface area contributed by atoms with Crippen molar-refractivity contribution in [1.82, 2.24) is 4.57 Å². The van der Waals surface area contributed by atoms with Crippen LogP contribution in [0.25, 0.3) is 0 Å². The summed E-state index contributed by atoms with van der Waals surface area (Å²) < 4.78 is 2.14. The van der Waals surface area contributed by atoms with Gasteiger partial charge in [-0.2, -0.15) is 0 Å². The number of non-ortho nitro benzene ring substituents is 1.